The molecule has 0 radical (unpaired) electrons. The fourth-order valence-electron chi connectivity index (χ4n) is 1.02. The van der Waals surface area contributed by atoms with E-state index >= 15 is 0 Å². The van der Waals surface area contributed by atoms with Gasteiger partial charge in [-0.05, 0) is 24.6 Å². The standard InChI is InChI=1S/C9H12O4S/c1-2-13-7-8-4-3-5-9(6-8)14(10,11)12/h3-6H,2,7H2,1H3,(H,10,11,12). The minimum absolute atomic E-state index is 0.102. The minimum Gasteiger partial charge on any atom is -0.377 e. The number of benzene rings is 1. The summed E-state index contributed by atoms with van der Waals surface area (Å²) in [6.45, 7) is 2.77. The summed E-state index contributed by atoms with van der Waals surface area (Å²) in [6.07, 6.45) is 0. The maximum Gasteiger partial charge on any atom is 0.294 e. The highest BCUT2D eigenvalue weighted by atomic mass is 32.2. The van der Waals surface area contributed by atoms with E-state index in [1.807, 2.05) is 6.92 Å². The number of hydrogen-bond acceptors (Lipinski definition) is 3. The van der Waals surface area contributed by atoms with Crippen molar-refractivity contribution in [2.45, 2.75) is 18.4 Å². The van der Waals surface area contributed by atoms with E-state index in [2.05, 4.69) is 0 Å². The molecule has 0 saturated heterocycles. The fourth-order valence-corrected chi connectivity index (χ4v) is 1.57. The highest BCUT2D eigenvalue weighted by Gasteiger charge is 2.08. The van der Waals surface area contributed by atoms with E-state index in [4.69, 9.17) is 9.29 Å². The molecule has 0 aliphatic rings. The molecule has 0 aliphatic carbocycles. The Hall–Kier alpha value is -0.910. The van der Waals surface area contributed by atoms with Crippen LogP contribution >= 0.6 is 0 Å². The summed E-state index contributed by atoms with van der Waals surface area (Å²) in [6, 6.07) is 6.04. The molecule has 0 bridgehead atoms. The van der Waals surface area contributed by atoms with Crippen molar-refractivity contribution >= 4 is 10.1 Å². The second kappa shape index (κ2) is 4.54. The van der Waals surface area contributed by atoms with E-state index < -0.39 is 10.1 Å². The van der Waals surface area contributed by atoms with Gasteiger partial charge in [-0.15, -0.1) is 0 Å². The Kier molecular flexibility index (Phi) is 3.62. The molecule has 0 aromatic heterocycles. The van der Waals surface area contributed by atoms with Crippen molar-refractivity contribution in [1.82, 2.24) is 0 Å². The molecule has 0 spiro atoms. The number of ether oxygens (including phenoxy) is 1. The van der Waals surface area contributed by atoms with Gasteiger partial charge in [0.2, 0.25) is 0 Å². The molecule has 0 unspecified atom stereocenters. The highest BCUT2D eigenvalue weighted by molar-refractivity contribution is 7.85. The third kappa shape index (κ3) is 3.10. The number of hydrogen-bond donors (Lipinski definition) is 1. The van der Waals surface area contributed by atoms with E-state index in [-0.39, 0.29) is 4.90 Å². The molecule has 0 heterocycles. The zero-order valence-electron chi connectivity index (χ0n) is 7.80. The third-order valence-corrected chi connectivity index (χ3v) is 2.52. The third-order valence-electron chi connectivity index (χ3n) is 1.67. The quantitative estimate of drug-likeness (QED) is 0.774. The van der Waals surface area contributed by atoms with Gasteiger partial charge in [0, 0.05) is 6.61 Å². The minimum atomic E-state index is -4.11. The van der Waals surface area contributed by atoms with Crippen LogP contribution in [0.1, 0.15) is 12.5 Å². The van der Waals surface area contributed by atoms with Crippen molar-refractivity contribution in [3.05, 3.63) is 29.8 Å². The largest absolute Gasteiger partial charge is 0.377 e. The van der Waals surface area contributed by atoms with E-state index in [9.17, 15) is 8.42 Å². The van der Waals surface area contributed by atoms with Gasteiger partial charge < -0.3 is 4.74 Å². The number of rotatable bonds is 4. The lowest BCUT2D eigenvalue weighted by molar-refractivity contribution is 0.134. The summed E-state index contributed by atoms with van der Waals surface area (Å²) in [5, 5.41) is 0. The predicted octanol–water partition coefficient (Wildman–Crippen LogP) is 1.47. The van der Waals surface area contributed by atoms with Crippen LogP contribution < -0.4 is 0 Å². The van der Waals surface area contributed by atoms with Gasteiger partial charge in [-0.3, -0.25) is 4.55 Å². The first-order valence-corrected chi connectivity index (χ1v) is 5.62. The van der Waals surface area contributed by atoms with Gasteiger partial charge in [0.15, 0.2) is 0 Å². The van der Waals surface area contributed by atoms with Crippen molar-refractivity contribution in [3.63, 3.8) is 0 Å². The van der Waals surface area contributed by atoms with Crippen molar-refractivity contribution in [2.24, 2.45) is 0 Å². The van der Waals surface area contributed by atoms with Gasteiger partial charge in [-0.1, -0.05) is 12.1 Å². The first-order chi connectivity index (χ1) is 6.54. The van der Waals surface area contributed by atoms with Crippen LogP contribution in [0, 0.1) is 0 Å². The van der Waals surface area contributed by atoms with E-state index in [0.717, 1.165) is 5.56 Å². The van der Waals surface area contributed by atoms with Crippen LogP contribution in [0.25, 0.3) is 0 Å². The van der Waals surface area contributed by atoms with Crippen LogP contribution in [-0.4, -0.2) is 19.6 Å². The molecular formula is C9H12O4S. The summed E-state index contributed by atoms with van der Waals surface area (Å²) in [4.78, 5) is -0.102. The summed E-state index contributed by atoms with van der Waals surface area (Å²) < 4.78 is 35.4. The zero-order valence-corrected chi connectivity index (χ0v) is 8.62. The Labute approximate surface area is 83.3 Å². The second-order valence-corrected chi connectivity index (χ2v) is 4.18. The molecule has 1 aromatic rings. The average molecular weight is 216 g/mol. The first-order valence-electron chi connectivity index (χ1n) is 4.18. The molecule has 1 aromatic carbocycles. The summed E-state index contributed by atoms with van der Waals surface area (Å²) in [5.74, 6) is 0. The monoisotopic (exact) mass is 216 g/mol. The van der Waals surface area contributed by atoms with Crippen LogP contribution in [0.4, 0.5) is 0 Å². The maximum absolute atomic E-state index is 10.8. The van der Waals surface area contributed by atoms with E-state index in [0.29, 0.717) is 13.2 Å². The SMILES string of the molecule is CCOCc1cccc(S(=O)(=O)O)c1. The van der Waals surface area contributed by atoms with Crippen LogP contribution in [0.3, 0.4) is 0 Å². The van der Waals surface area contributed by atoms with Crippen LogP contribution in [-0.2, 0) is 21.5 Å². The Balaban J connectivity index is 2.90. The maximum atomic E-state index is 10.8. The van der Waals surface area contributed by atoms with Crippen molar-refractivity contribution < 1.29 is 17.7 Å². The molecule has 5 heteroatoms. The van der Waals surface area contributed by atoms with E-state index in [1.54, 1.807) is 12.1 Å². The second-order valence-electron chi connectivity index (χ2n) is 2.76. The lowest BCUT2D eigenvalue weighted by atomic mass is 10.2. The molecule has 78 valence electrons. The van der Waals surface area contributed by atoms with Crippen molar-refractivity contribution in [2.75, 3.05) is 6.61 Å². The molecule has 0 atom stereocenters. The fraction of sp³-hybridized carbons (Fsp3) is 0.333. The lowest BCUT2D eigenvalue weighted by Gasteiger charge is -2.02. The molecule has 14 heavy (non-hydrogen) atoms. The Morgan fingerprint density at radius 1 is 1.43 bits per heavy atom. The summed E-state index contributed by atoms with van der Waals surface area (Å²) >= 11 is 0. The molecule has 0 saturated carbocycles. The molecule has 4 nitrogen and oxygen atoms in total. The van der Waals surface area contributed by atoms with Crippen LogP contribution in [0.2, 0.25) is 0 Å². The molecule has 0 amide bonds. The van der Waals surface area contributed by atoms with E-state index in [1.165, 1.54) is 12.1 Å². The molecule has 0 aliphatic heterocycles. The zero-order chi connectivity index (χ0) is 10.6. The molecule has 1 N–H and O–H groups in total. The molecule has 1 rings (SSSR count). The van der Waals surface area contributed by atoms with Gasteiger partial charge in [0.1, 0.15) is 0 Å². The Bertz CT molecular complexity index is 397. The smallest absolute Gasteiger partial charge is 0.294 e. The normalized spacial score (nSPS) is 11.6. The lowest BCUT2D eigenvalue weighted by Crippen LogP contribution is -1.99. The van der Waals surface area contributed by atoms with Gasteiger partial charge in [-0.2, -0.15) is 8.42 Å². The van der Waals surface area contributed by atoms with Crippen LogP contribution in [0.5, 0.6) is 0 Å². The van der Waals surface area contributed by atoms with Gasteiger partial charge in [-0.25, -0.2) is 0 Å². The highest BCUT2D eigenvalue weighted by Crippen LogP contribution is 2.11. The topological polar surface area (TPSA) is 63.6 Å². The Morgan fingerprint density at radius 2 is 2.14 bits per heavy atom. The van der Waals surface area contributed by atoms with Gasteiger partial charge in [0.25, 0.3) is 10.1 Å². The van der Waals surface area contributed by atoms with Crippen LogP contribution in [0.15, 0.2) is 29.2 Å². The molecule has 0 fully saturated rings. The summed E-state index contributed by atoms with van der Waals surface area (Å²) in [7, 11) is -4.11. The van der Waals surface area contributed by atoms with Crippen molar-refractivity contribution in [1.29, 1.82) is 0 Å². The average Bonchev–Trinajstić information content (AvgIpc) is 2.14. The van der Waals surface area contributed by atoms with Gasteiger partial charge >= 0.3 is 0 Å². The van der Waals surface area contributed by atoms with Crippen molar-refractivity contribution in [3.8, 4) is 0 Å². The Morgan fingerprint density at radius 3 is 2.71 bits per heavy atom. The molecular weight excluding hydrogens is 204 g/mol. The van der Waals surface area contributed by atoms with Gasteiger partial charge in [0.05, 0.1) is 11.5 Å². The summed E-state index contributed by atoms with van der Waals surface area (Å²) in [5.41, 5.74) is 0.724. The predicted molar refractivity (Wildman–Crippen MR) is 51.6 cm³/mol. The first kappa shape index (κ1) is 11.2.